The SMILES string of the molecule is CN[SiH](NC)N(C)C1CCCC1. The van der Waals surface area contributed by atoms with Crippen LogP contribution in [0.4, 0.5) is 0 Å². The third kappa shape index (κ3) is 2.29. The normalized spacial score (nSPS) is 19.8. The zero-order valence-electron chi connectivity index (χ0n) is 8.43. The molecule has 2 N–H and O–H groups in total. The second-order valence-corrected chi connectivity index (χ2v) is 6.36. The highest BCUT2D eigenvalue weighted by Crippen LogP contribution is 2.22. The molecule has 0 saturated heterocycles. The van der Waals surface area contributed by atoms with E-state index in [2.05, 4.69) is 35.7 Å². The summed E-state index contributed by atoms with van der Waals surface area (Å²) in [6.45, 7) is 0. The average molecular weight is 187 g/mol. The molecule has 0 aromatic heterocycles. The first-order valence-electron chi connectivity index (χ1n) is 4.86. The Morgan fingerprint density at radius 2 is 1.67 bits per heavy atom. The van der Waals surface area contributed by atoms with Crippen LogP contribution in [0.1, 0.15) is 25.7 Å². The number of hydrogen-bond donors (Lipinski definition) is 2. The highest BCUT2D eigenvalue weighted by atomic mass is 28.3. The van der Waals surface area contributed by atoms with Crippen molar-refractivity contribution in [1.82, 2.24) is 14.5 Å². The predicted molar refractivity (Wildman–Crippen MR) is 55.3 cm³/mol. The van der Waals surface area contributed by atoms with Gasteiger partial charge in [-0.25, -0.2) is 0 Å². The molecule has 0 aromatic rings. The molecule has 0 amide bonds. The van der Waals surface area contributed by atoms with Gasteiger partial charge in [0.25, 0.3) is 9.28 Å². The first kappa shape index (κ1) is 10.2. The fourth-order valence-corrected chi connectivity index (χ4v) is 3.90. The molecule has 1 aliphatic carbocycles. The van der Waals surface area contributed by atoms with Gasteiger partial charge in [0.15, 0.2) is 0 Å². The lowest BCUT2D eigenvalue weighted by Crippen LogP contribution is -2.58. The molecule has 1 aliphatic rings. The van der Waals surface area contributed by atoms with Gasteiger partial charge in [-0.05, 0) is 34.0 Å². The summed E-state index contributed by atoms with van der Waals surface area (Å²) in [7, 11) is 5.35. The quantitative estimate of drug-likeness (QED) is 0.608. The van der Waals surface area contributed by atoms with E-state index in [4.69, 9.17) is 0 Å². The second kappa shape index (κ2) is 4.96. The van der Waals surface area contributed by atoms with Gasteiger partial charge in [0.1, 0.15) is 0 Å². The maximum Gasteiger partial charge on any atom is 0.266 e. The Bertz CT molecular complexity index is 119. The summed E-state index contributed by atoms with van der Waals surface area (Å²) in [5.74, 6) is 0. The molecule has 0 aliphatic heterocycles. The number of hydrogen-bond acceptors (Lipinski definition) is 3. The van der Waals surface area contributed by atoms with Gasteiger partial charge in [-0.2, -0.15) is 0 Å². The Morgan fingerprint density at radius 3 is 2.08 bits per heavy atom. The molecule has 0 atom stereocenters. The Labute approximate surface area is 77.4 Å². The van der Waals surface area contributed by atoms with Crippen LogP contribution in [0.15, 0.2) is 0 Å². The van der Waals surface area contributed by atoms with E-state index in [0.717, 1.165) is 6.04 Å². The fourth-order valence-electron chi connectivity index (χ4n) is 2.07. The maximum absolute atomic E-state index is 3.38. The first-order valence-corrected chi connectivity index (χ1v) is 6.53. The van der Waals surface area contributed by atoms with Gasteiger partial charge in [-0.3, -0.25) is 0 Å². The summed E-state index contributed by atoms with van der Waals surface area (Å²) in [6.07, 6.45) is 5.62. The van der Waals surface area contributed by atoms with Crippen LogP contribution in [-0.4, -0.2) is 41.0 Å². The van der Waals surface area contributed by atoms with Crippen LogP contribution in [0.2, 0.25) is 0 Å². The summed E-state index contributed by atoms with van der Waals surface area (Å²) in [6, 6.07) is 0.835. The molecular formula is C8H21N3Si. The second-order valence-electron chi connectivity index (χ2n) is 3.58. The molecule has 0 heterocycles. The zero-order valence-corrected chi connectivity index (χ0v) is 9.59. The zero-order chi connectivity index (χ0) is 8.97. The summed E-state index contributed by atoms with van der Waals surface area (Å²) in [4.78, 5) is 6.76. The van der Waals surface area contributed by atoms with Crippen molar-refractivity contribution in [3.05, 3.63) is 0 Å². The first-order chi connectivity index (χ1) is 5.79. The number of nitrogens with one attached hydrogen (secondary N) is 2. The Morgan fingerprint density at radius 1 is 1.17 bits per heavy atom. The lowest BCUT2D eigenvalue weighted by atomic mass is 10.3. The molecule has 12 heavy (non-hydrogen) atoms. The van der Waals surface area contributed by atoms with Crippen molar-refractivity contribution in [1.29, 1.82) is 0 Å². The summed E-state index contributed by atoms with van der Waals surface area (Å²) >= 11 is 0. The van der Waals surface area contributed by atoms with Crippen LogP contribution in [-0.2, 0) is 0 Å². The van der Waals surface area contributed by atoms with E-state index >= 15 is 0 Å². The minimum Gasteiger partial charge on any atom is -0.318 e. The molecule has 0 spiro atoms. The van der Waals surface area contributed by atoms with Gasteiger partial charge < -0.3 is 14.5 Å². The van der Waals surface area contributed by atoms with E-state index in [-0.39, 0.29) is 0 Å². The van der Waals surface area contributed by atoms with Crippen LogP contribution >= 0.6 is 0 Å². The fraction of sp³-hybridized carbons (Fsp3) is 1.00. The van der Waals surface area contributed by atoms with Crippen molar-refractivity contribution in [3.8, 4) is 0 Å². The van der Waals surface area contributed by atoms with Crippen molar-refractivity contribution in [2.75, 3.05) is 21.1 Å². The van der Waals surface area contributed by atoms with Gasteiger partial charge in [-0.1, -0.05) is 12.8 Å². The van der Waals surface area contributed by atoms with Gasteiger partial charge in [0.2, 0.25) is 0 Å². The minimum absolute atomic E-state index is 0.835. The third-order valence-corrected chi connectivity index (χ3v) is 5.18. The van der Waals surface area contributed by atoms with Crippen molar-refractivity contribution in [2.45, 2.75) is 31.7 Å². The molecule has 0 aromatic carbocycles. The van der Waals surface area contributed by atoms with Crippen LogP contribution in [0.25, 0.3) is 0 Å². The van der Waals surface area contributed by atoms with Gasteiger partial charge >= 0.3 is 0 Å². The van der Waals surface area contributed by atoms with Crippen LogP contribution in [0.3, 0.4) is 0 Å². The van der Waals surface area contributed by atoms with Crippen LogP contribution < -0.4 is 9.96 Å². The Balaban J connectivity index is 2.37. The Kier molecular flexibility index (Phi) is 4.21. The monoisotopic (exact) mass is 187 g/mol. The smallest absolute Gasteiger partial charge is 0.266 e. The van der Waals surface area contributed by atoms with E-state index in [0.29, 0.717) is 0 Å². The molecule has 0 bridgehead atoms. The predicted octanol–water partition coefficient (Wildman–Crippen LogP) is 0.0168. The van der Waals surface area contributed by atoms with Gasteiger partial charge in [0, 0.05) is 6.04 Å². The number of rotatable bonds is 4. The van der Waals surface area contributed by atoms with E-state index in [1.807, 2.05) is 0 Å². The highest BCUT2D eigenvalue weighted by Gasteiger charge is 2.24. The van der Waals surface area contributed by atoms with E-state index in [9.17, 15) is 0 Å². The van der Waals surface area contributed by atoms with Gasteiger partial charge in [0.05, 0.1) is 0 Å². The molecule has 3 nitrogen and oxygen atoms in total. The number of nitrogens with zero attached hydrogens (tertiary/aromatic N) is 1. The third-order valence-electron chi connectivity index (χ3n) is 2.85. The minimum atomic E-state index is -1.01. The van der Waals surface area contributed by atoms with Crippen LogP contribution in [0.5, 0.6) is 0 Å². The van der Waals surface area contributed by atoms with Crippen molar-refractivity contribution in [3.63, 3.8) is 0 Å². The topological polar surface area (TPSA) is 27.3 Å². The van der Waals surface area contributed by atoms with Crippen molar-refractivity contribution < 1.29 is 0 Å². The van der Waals surface area contributed by atoms with Crippen molar-refractivity contribution in [2.24, 2.45) is 0 Å². The van der Waals surface area contributed by atoms with Crippen molar-refractivity contribution >= 4 is 9.28 Å². The average Bonchev–Trinajstić information content (AvgIpc) is 2.58. The summed E-state index contributed by atoms with van der Waals surface area (Å²) in [5, 5.41) is 0. The van der Waals surface area contributed by atoms with Crippen LogP contribution in [0, 0.1) is 0 Å². The maximum atomic E-state index is 3.38. The Hall–Kier alpha value is 0.0969. The standard InChI is InChI=1S/C8H21N3Si/c1-9-12(10-2)11(3)8-6-4-5-7-8/h8-10,12H,4-7H2,1-3H3. The molecule has 1 saturated carbocycles. The highest BCUT2D eigenvalue weighted by molar-refractivity contribution is 6.49. The van der Waals surface area contributed by atoms with E-state index < -0.39 is 9.28 Å². The summed E-state index contributed by atoms with van der Waals surface area (Å²) < 4.78 is 2.53. The molecule has 4 heteroatoms. The molecule has 72 valence electrons. The lowest BCUT2D eigenvalue weighted by molar-refractivity contribution is 0.371. The molecule has 0 unspecified atom stereocenters. The lowest BCUT2D eigenvalue weighted by Gasteiger charge is -2.30. The molecular weight excluding hydrogens is 166 g/mol. The largest absolute Gasteiger partial charge is 0.318 e. The molecule has 1 rings (SSSR count). The van der Waals surface area contributed by atoms with E-state index in [1.54, 1.807) is 0 Å². The molecule has 0 radical (unpaired) electrons. The van der Waals surface area contributed by atoms with Gasteiger partial charge in [-0.15, -0.1) is 0 Å². The van der Waals surface area contributed by atoms with E-state index in [1.165, 1.54) is 25.7 Å². The molecule has 1 fully saturated rings. The summed E-state index contributed by atoms with van der Waals surface area (Å²) in [5.41, 5.74) is 0.